The van der Waals surface area contributed by atoms with E-state index in [1.165, 1.54) is 12.1 Å². The Morgan fingerprint density at radius 2 is 1.92 bits per heavy atom. The summed E-state index contributed by atoms with van der Waals surface area (Å²) in [5, 5.41) is 0.857. The summed E-state index contributed by atoms with van der Waals surface area (Å²) in [6.45, 7) is 2.19. The van der Waals surface area contributed by atoms with E-state index in [1.807, 2.05) is 17.0 Å². The molecule has 0 radical (unpaired) electrons. The summed E-state index contributed by atoms with van der Waals surface area (Å²) in [5.41, 5.74) is 0.642. The largest absolute Gasteiger partial charge is 0.493 e. The van der Waals surface area contributed by atoms with E-state index >= 15 is 0 Å². The van der Waals surface area contributed by atoms with Crippen LogP contribution in [0.5, 0.6) is 5.75 Å². The van der Waals surface area contributed by atoms with E-state index in [9.17, 15) is 9.18 Å². The van der Waals surface area contributed by atoms with Gasteiger partial charge in [0.25, 0.3) is 5.91 Å². The minimum absolute atomic E-state index is 0.0659. The lowest BCUT2D eigenvalue weighted by Gasteiger charge is -2.14. The first kappa shape index (κ1) is 16.8. The molecule has 1 saturated heterocycles. The normalized spacial score (nSPS) is 14.0. The number of ether oxygens (including phenoxy) is 1. The standard InChI is InChI=1S/C18H19FN2O2S/c19-15-4-6-16(7-5-15)23-11-12-24-17-8-3-14(13-20-17)18(22)21-9-1-2-10-21/h3-8,13H,1-2,9-12H2. The van der Waals surface area contributed by atoms with Gasteiger partial charge < -0.3 is 9.64 Å². The maximum atomic E-state index is 12.8. The number of hydrogen-bond acceptors (Lipinski definition) is 4. The number of aromatic nitrogens is 1. The van der Waals surface area contributed by atoms with Crippen molar-refractivity contribution in [2.45, 2.75) is 17.9 Å². The minimum atomic E-state index is -0.274. The molecular weight excluding hydrogens is 327 g/mol. The zero-order valence-electron chi connectivity index (χ0n) is 13.3. The molecule has 2 aromatic rings. The molecule has 0 atom stereocenters. The van der Waals surface area contributed by atoms with E-state index < -0.39 is 0 Å². The monoisotopic (exact) mass is 346 g/mol. The Kier molecular flexibility index (Phi) is 5.69. The summed E-state index contributed by atoms with van der Waals surface area (Å²) in [6.07, 6.45) is 3.81. The fourth-order valence-corrected chi connectivity index (χ4v) is 3.20. The zero-order chi connectivity index (χ0) is 16.8. The first-order chi connectivity index (χ1) is 11.7. The average Bonchev–Trinajstić information content (AvgIpc) is 3.15. The van der Waals surface area contributed by atoms with Crippen LogP contribution in [-0.4, -0.2) is 41.2 Å². The Hall–Kier alpha value is -2.08. The number of carbonyl (C=O) groups is 1. The Morgan fingerprint density at radius 1 is 1.17 bits per heavy atom. The van der Waals surface area contributed by atoms with Gasteiger partial charge in [0.15, 0.2) is 0 Å². The zero-order valence-corrected chi connectivity index (χ0v) is 14.1. The van der Waals surface area contributed by atoms with Gasteiger partial charge in [-0.3, -0.25) is 4.79 Å². The van der Waals surface area contributed by atoms with Crippen LogP contribution in [0.15, 0.2) is 47.6 Å². The number of amides is 1. The third-order valence-electron chi connectivity index (χ3n) is 3.79. The molecule has 1 aromatic heterocycles. The third-order valence-corrected chi connectivity index (χ3v) is 4.70. The van der Waals surface area contributed by atoms with Crippen LogP contribution >= 0.6 is 11.8 Å². The van der Waals surface area contributed by atoms with Gasteiger partial charge in [-0.05, 0) is 49.2 Å². The molecule has 0 spiro atoms. The highest BCUT2D eigenvalue weighted by Gasteiger charge is 2.19. The van der Waals surface area contributed by atoms with E-state index in [2.05, 4.69) is 4.98 Å². The summed E-state index contributed by atoms with van der Waals surface area (Å²) in [6, 6.07) is 9.66. The average molecular weight is 346 g/mol. The highest BCUT2D eigenvalue weighted by Crippen LogP contribution is 2.18. The lowest BCUT2D eigenvalue weighted by Crippen LogP contribution is -2.27. The van der Waals surface area contributed by atoms with E-state index in [1.54, 1.807) is 30.1 Å². The Morgan fingerprint density at radius 3 is 2.58 bits per heavy atom. The molecule has 24 heavy (non-hydrogen) atoms. The summed E-state index contributed by atoms with van der Waals surface area (Å²) < 4.78 is 18.3. The number of rotatable bonds is 6. The van der Waals surface area contributed by atoms with Gasteiger partial charge in [0.1, 0.15) is 11.6 Å². The highest BCUT2D eigenvalue weighted by atomic mass is 32.2. The third kappa shape index (κ3) is 4.47. The number of nitrogens with zero attached hydrogens (tertiary/aromatic N) is 2. The predicted octanol–water partition coefficient (Wildman–Crippen LogP) is 3.63. The molecule has 1 aliphatic heterocycles. The lowest BCUT2D eigenvalue weighted by atomic mass is 10.2. The number of carbonyl (C=O) groups excluding carboxylic acids is 1. The first-order valence-electron chi connectivity index (χ1n) is 7.99. The molecule has 1 fully saturated rings. The van der Waals surface area contributed by atoms with Crippen LogP contribution in [0.4, 0.5) is 4.39 Å². The molecule has 0 N–H and O–H groups in total. The molecule has 4 nitrogen and oxygen atoms in total. The number of halogens is 1. The van der Waals surface area contributed by atoms with Crippen molar-refractivity contribution in [2.24, 2.45) is 0 Å². The van der Waals surface area contributed by atoms with Gasteiger partial charge in [0.05, 0.1) is 17.2 Å². The highest BCUT2D eigenvalue weighted by molar-refractivity contribution is 7.99. The van der Waals surface area contributed by atoms with Gasteiger partial charge in [-0.2, -0.15) is 0 Å². The van der Waals surface area contributed by atoms with Crippen molar-refractivity contribution in [1.82, 2.24) is 9.88 Å². The van der Waals surface area contributed by atoms with Crippen LogP contribution in [-0.2, 0) is 0 Å². The Bertz CT molecular complexity index is 670. The molecule has 0 bridgehead atoms. The molecule has 6 heteroatoms. The maximum Gasteiger partial charge on any atom is 0.255 e. The van der Waals surface area contributed by atoms with E-state index in [0.717, 1.165) is 36.7 Å². The van der Waals surface area contributed by atoms with Gasteiger partial charge in [-0.15, -0.1) is 11.8 Å². The fourth-order valence-electron chi connectivity index (χ4n) is 2.53. The van der Waals surface area contributed by atoms with Gasteiger partial charge in [-0.25, -0.2) is 9.37 Å². The fraction of sp³-hybridized carbons (Fsp3) is 0.333. The molecule has 3 rings (SSSR count). The molecule has 1 aliphatic rings. The number of thioether (sulfide) groups is 1. The molecule has 2 heterocycles. The van der Waals surface area contributed by atoms with Gasteiger partial charge in [-0.1, -0.05) is 0 Å². The summed E-state index contributed by atoms with van der Waals surface area (Å²) in [4.78, 5) is 18.4. The van der Waals surface area contributed by atoms with Crippen LogP contribution in [0.25, 0.3) is 0 Å². The quantitative estimate of drug-likeness (QED) is 0.592. The molecule has 126 valence electrons. The molecule has 0 aliphatic carbocycles. The first-order valence-corrected chi connectivity index (χ1v) is 8.97. The SMILES string of the molecule is O=C(c1ccc(SCCOc2ccc(F)cc2)nc1)N1CCCC1. The van der Waals surface area contributed by atoms with Gasteiger partial charge in [0.2, 0.25) is 0 Å². The summed E-state index contributed by atoms with van der Waals surface area (Å²) in [5.74, 6) is 1.17. The number of pyridine rings is 1. The van der Waals surface area contributed by atoms with Crippen LogP contribution in [0.1, 0.15) is 23.2 Å². The molecule has 1 aromatic carbocycles. The van der Waals surface area contributed by atoms with Crippen molar-refractivity contribution >= 4 is 17.7 Å². The Balaban J connectivity index is 1.44. The summed E-state index contributed by atoms with van der Waals surface area (Å²) in [7, 11) is 0. The van der Waals surface area contributed by atoms with Crippen molar-refractivity contribution in [1.29, 1.82) is 0 Å². The molecule has 0 saturated carbocycles. The van der Waals surface area contributed by atoms with Crippen molar-refractivity contribution in [3.8, 4) is 5.75 Å². The van der Waals surface area contributed by atoms with Crippen LogP contribution in [0.2, 0.25) is 0 Å². The van der Waals surface area contributed by atoms with Gasteiger partial charge in [0, 0.05) is 25.0 Å². The molecule has 0 unspecified atom stereocenters. The van der Waals surface area contributed by atoms with Crippen LogP contribution in [0, 0.1) is 5.82 Å². The van der Waals surface area contributed by atoms with Crippen molar-refractivity contribution in [3.05, 3.63) is 54.0 Å². The van der Waals surface area contributed by atoms with Crippen molar-refractivity contribution in [2.75, 3.05) is 25.4 Å². The van der Waals surface area contributed by atoms with Crippen molar-refractivity contribution in [3.63, 3.8) is 0 Å². The van der Waals surface area contributed by atoms with Gasteiger partial charge >= 0.3 is 0 Å². The molecular formula is C18H19FN2O2S. The van der Waals surface area contributed by atoms with Crippen molar-refractivity contribution < 1.29 is 13.9 Å². The van der Waals surface area contributed by atoms with E-state index in [4.69, 9.17) is 4.74 Å². The van der Waals surface area contributed by atoms with Crippen LogP contribution < -0.4 is 4.74 Å². The number of likely N-dealkylation sites (tertiary alicyclic amines) is 1. The number of benzene rings is 1. The topological polar surface area (TPSA) is 42.4 Å². The van der Waals surface area contributed by atoms with Crippen LogP contribution in [0.3, 0.4) is 0 Å². The lowest BCUT2D eigenvalue weighted by molar-refractivity contribution is 0.0792. The second kappa shape index (κ2) is 8.15. The maximum absolute atomic E-state index is 12.8. The molecule has 1 amide bonds. The summed E-state index contributed by atoms with van der Waals surface area (Å²) >= 11 is 1.56. The van der Waals surface area contributed by atoms with E-state index in [0.29, 0.717) is 17.9 Å². The second-order valence-electron chi connectivity index (χ2n) is 5.54. The predicted molar refractivity (Wildman–Crippen MR) is 92.0 cm³/mol. The smallest absolute Gasteiger partial charge is 0.255 e. The second-order valence-corrected chi connectivity index (χ2v) is 6.65. The minimum Gasteiger partial charge on any atom is -0.493 e. The number of hydrogen-bond donors (Lipinski definition) is 0. The Labute approximate surface area is 145 Å². The van der Waals surface area contributed by atoms with E-state index in [-0.39, 0.29) is 11.7 Å².